The van der Waals surface area contributed by atoms with Crippen molar-refractivity contribution >= 4 is 5.91 Å². The molecule has 1 aliphatic heterocycles. The van der Waals surface area contributed by atoms with Crippen LogP contribution in [0.15, 0.2) is 48.5 Å². The van der Waals surface area contributed by atoms with Crippen LogP contribution in [0.25, 0.3) is 0 Å². The average molecular weight is 377 g/mol. The van der Waals surface area contributed by atoms with Crippen molar-refractivity contribution in [2.75, 3.05) is 6.61 Å². The van der Waals surface area contributed by atoms with Gasteiger partial charge in [-0.05, 0) is 42.7 Å². The Balaban J connectivity index is 1.48. The molecule has 2 aliphatic rings. The molecule has 2 aromatic rings. The molecule has 0 saturated heterocycles. The van der Waals surface area contributed by atoms with Gasteiger partial charge in [0.2, 0.25) is 6.10 Å². The van der Waals surface area contributed by atoms with Gasteiger partial charge in [-0.2, -0.15) is 13.2 Å². The van der Waals surface area contributed by atoms with Gasteiger partial charge in [0.15, 0.2) is 11.5 Å². The number of ether oxygens (including phenoxy) is 2. The van der Waals surface area contributed by atoms with Crippen molar-refractivity contribution in [1.29, 1.82) is 0 Å². The summed E-state index contributed by atoms with van der Waals surface area (Å²) < 4.78 is 49.6. The number of alkyl halides is 3. The van der Waals surface area contributed by atoms with Crippen LogP contribution in [0.2, 0.25) is 0 Å². The molecule has 7 heteroatoms. The summed E-state index contributed by atoms with van der Waals surface area (Å²) >= 11 is 0. The number of hydrogen-bond donors (Lipinski definition) is 0. The monoisotopic (exact) mass is 377 g/mol. The van der Waals surface area contributed by atoms with Crippen LogP contribution < -0.4 is 9.47 Å². The van der Waals surface area contributed by atoms with Gasteiger partial charge in [0.05, 0.1) is 5.56 Å². The molecular formula is C20H18F3NO3. The summed E-state index contributed by atoms with van der Waals surface area (Å²) in [5, 5.41) is 0. The molecular weight excluding hydrogens is 359 g/mol. The van der Waals surface area contributed by atoms with Crippen molar-refractivity contribution in [3.05, 3.63) is 59.7 Å². The minimum Gasteiger partial charge on any atom is -0.485 e. The van der Waals surface area contributed by atoms with E-state index in [1.807, 2.05) is 6.07 Å². The third kappa shape index (κ3) is 3.86. The van der Waals surface area contributed by atoms with E-state index in [4.69, 9.17) is 9.47 Å². The molecule has 1 heterocycles. The summed E-state index contributed by atoms with van der Waals surface area (Å²) in [6.07, 6.45) is -3.35. The Morgan fingerprint density at radius 1 is 1.04 bits per heavy atom. The Hall–Kier alpha value is -2.70. The van der Waals surface area contributed by atoms with Crippen LogP contribution in [-0.2, 0) is 17.5 Å². The molecule has 4 rings (SSSR count). The molecule has 1 fully saturated rings. The van der Waals surface area contributed by atoms with Crippen molar-refractivity contribution in [3.63, 3.8) is 0 Å². The third-order valence-corrected chi connectivity index (χ3v) is 4.69. The number of benzene rings is 2. The molecule has 0 N–H and O–H groups in total. The van der Waals surface area contributed by atoms with Gasteiger partial charge in [-0.3, -0.25) is 4.79 Å². The number of halogens is 3. The van der Waals surface area contributed by atoms with Crippen molar-refractivity contribution in [1.82, 2.24) is 4.90 Å². The SMILES string of the molecule is O=C([C@@H]1COc2ccccc2O1)N(Cc1ccc(C(F)(F)F)cc1)C1CC1. The second-order valence-corrected chi connectivity index (χ2v) is 6.76. The summed E-state index contributed by atoms with van der Waals surface area (Å²) in [7, 11) is 0. The summed E-state index contributed by atoms with van der Waals surface area (Å²) in [6, 6.07) is 12.2. The van der Waals surface area contributed by atoms with Crippen LogP contribution in [-0.4, -0.2) is 29.6 Å². The largest absolute Gasteiger partial charge is 0.485 e. The fourth-order valence-electron chi connectivity index (χ4n) is 3.10. The number of carbonyl (C=O) groups is 1. The lowest BCUT2D eigenvalue weighted by Gasteiger charge is -2.31. The van der Waals surface area contributed by atoms with Crippen LogP contribution in [0.4, 0.5) is 13.2 Å². The lowest BCUT2D eigenvalue weighted by atomic mass is 10.1. The Bertz CT molecular complexity index is 831. The average Bonchev–Trinajstić information content (AvgIpc) is 3.50. The third-order valence-electron chi connectivity index (χ3n) is 4.69. The molecule has 0 radical (unpaired) electrons. The van der Waals surface area contributed by atoms with E-state index in [2.05, 4.69) is 0 Å². The second-order valence-electron chi connectivity index (χ2n) is 6.76. The first-order valence-corrected chi connectivity index (χ1v) is 8.77. The number of fused-ring (bicyclic) bond motifs is 1. The number of carbonyl (C=O) groups excluding carboxylic acids is 1. The van der Waals surface area contributed by atoms with Crippen molar-refractivity contribution < 1.29 is 27.4 Å². The molecule has 1 saturated carbocycles. The standard InChI is InChI=1S/C20H18F3NO3/c21-20(22,23)14-7-5-13(6-8-14)11-24(15-9-10-15)19(25)18-12-26-16-3-1-2-4-17(16)27-18/h1-8,15,18H,9-12H2/t18-/m0/s1. The van der Waals surface area contributed by atoms with E-state index in [0.717, 1.165) is 25.0 Å². The maximum absolute atomic E-state index is 13.0. The molecule has 1 amide bonds. The van der Waals surface area contributed by atoms with Gasteiger partial charge < -0.3 is 14.4 Å². The second kappa shape index (κ2) is 6.79. The van der Waals surface area contributed by atoms with Gasteiger partial charge >= 0.3 is 6.18 Å². The minimum absolute atomic E-state index is 0.0977. The number of rotatable bonds is 4. The predicted octanol–water partition coefficient (Wildman–Crippen LogP) is 4.04. The normalized spacial score (nSPS) is 18.9. The summed E-state index contributed by atoms with van der Waals surface area (Å²) in [5.41, 5.74) is -0.0449. The Morgan fingerprint density at radius 2 is 1.70 bits per heavy atom. The van der Waals surface area contributed by atoms with Crippen LogP contribution in [0.3, 0.4) is 0 Å². The molecule has 0 bridgehead atoms. The van der Waals surface area contributed by atoms with Gasteiger partial charge in [-0.15, -0.1) is 0 Å². The van der Waals surface area contributed by atoms with E-state index in [0.29, 0.717) is 17.1 Å². The minimum atomic E-state index is -4.37. The topological polar surface area (TPSA) is 38.8 Å². The Morgan fingerprint density at radius 3 is 2.33 bits per heavy atom. The van der Waals surface area contributed by atoms with E-state index in [9.17, 15) is 18.0 Å². The highest BCUT2D eigenvalue weighted by Crippen LogP contribution is 2.34. The van der Waals surface area contributed by atoms with Gasteiger partial charge in [0.1, 0.15) is 6.61 Å². The summed E-state index contributed by atoms with van der Waals surface area (Å²) in [4.78, 5) is 14.6. The fourth-order valence-corrected chi connectivity index (χ4v) is 3.10. The molecule has 27 heavy (non-hydrogen) atoms. The molecule has 1 aliphatic carbocycles. The molecule has 142 valence electrons. The summed E-state index contributed by atoms with van der Waals surface area (Å²) in [6.45, 7) is 0.370. The molecule has 1 atom stereocenters. The van der Waals surface area contributed by atoms with Gasteiger partial charge in [-0.1, -0.05) is 24.3 Å². The lowest BCUT2D eigenvalue weighted by Crippen LogP contribution is -2.47. The lowest BCUT2D eigenvalue weighted by molar-refractivity contribution is -0.142. The van der Waals surface area contributed by atoms with Gasteiger partial charge in [-0.25, -0.2) is 0 Å². The molecule has 0 aromatic heterocycles. The van der Waals surface area contributed by atoms with Crippen molar-refractivity contribution in [2.24, 2.45) is 0 Å². The molecule has 0 spiro atoms. The predicted molar refractivity (Wildman–Crippen MR) is 91.4 cm³/mol. The first kappa shape index (κ1) is 17.7. The van der Waals surface area contributed by atoms with E-state index >= 15 is 0 Å². The van der Waals surface area contributed by atoms with Crippen LogP contribution in [0.1, 0.15) is 24.0 Å². The zero-order valence-corrected chi connectivity index (χ0v) is 14.4. The van der Waals surface area contributed by atoms with Crippen LogP contribution in [0, 0.1) is 0 Å². The Labute approximate surface area is 154 Å². The highest BCUT2D eigenvalue weighted by Gasteiger charge is 2.38. The maximum Gasteiger partial charge on any atom is 0.416 e. The molecule has 2 aromatic carbocycles. The first-order valence-electron chi connectivity index (χ1n) is 8.77. The molecule has 4 nitrogen and oxygen atoms in total. The zero-order chi connectivity index (χ0) is 19.0. The van der Waals surface area contributed by atoms with E-state index < -0.39 is 17.8 Å². The number of para-hydroxylation sites is 2. The van der Waals surface area contributed by atoms with E-state index in [1.54, 1.807) is 23.1 Å². The fraction of sp³-hybridized carbons (Fsp3) is 0.350. The summed E-state index contributed by atoms with van der Waals surface area (Å²) in [5.74, 6) is 0.918. The van der Waals surface area contributed by atoms with Crippen molar-refractivity contribution in [3.8, 4) is 11.5 Å². The zero-order valence-electron chi connectivity index (χ0n) is 14.4. The first-order chi connectivity index (χ1) is 12.9. The number of hydrogen-bond acceptors (Lipinski definition) is 3. The van der Waals surface area contributed by atoms with Gasteiger partial charge in [0.25, 0.3) is 5.91 Å². The van der Waals surface area contributed by atoms with E-state index in [1.165, 1.54) is 12.1 Å². The van der Waals surface area contributed by atoms with Crippen LogP contribution in [0.5, 0.6) is 11.5 Å². The quantitative estimate of drug-likeness (QED) is 0.807. The maximum atomic E-state index is 13.0. The van der Waals surface area contributed by atoms with Gasteiger partial charge in [0, 0.05) is 12.6 Å². The highest BCUT2D eigenvalue weighted by atomic mass is 19.4. The Kier molecular flexibility index (Phi) is 4.45. The highest BCUT2D eigenvalue weighted by molar-refractivity contribution is 5.82. The van der Waals surface area contributed by atoms with E-state index in [-0.39, 0.29) is 25.1 Å². The number of nitrogens with zero attached hydrogens (tertiary/aromatic N) is 1. The van der Waals surface area contributed by atoms with Crippen LogP contribution >= 0.6 is 0 Å². The molecule has 0 unspecified atom stereocenters. The number of amides is 1. The van der Waals surface area contributed by atoms with Crippen molar-refractivity contribution in [2.45, 2.75) is 37.7 Å². The smallest absolute Gasteiger partial charge is 0.416 e.